The minimum atomic E-state index is -3.53. The van der Waals surface area contributed by atoms with E-state index >= 15 is 0 Å². The van der Waals surface area contributed by atoms with E-state index in [-0.39, 0.29) is 5.76 Å². The lowest BCUT2D eigenvalue weighted by Crippen LogP contribution is -2.39. The van der Waals surface area contributed by atoms with Gasteiger partial charge in [-0.05, 0) is 38.1 Å². The number of hydrogen-bond acceptors (Lipinski definition) is 4. The Bertz CT molecular complexity index is 756. The number of sulfone groups is 1. The normalized spacial score (nSPS) is 12.8. The first-order valence-electron chi connectivity index (χ1n) is 5.56. The molecule has 6 heteroatoms. The summed E-state index contributed by atoms with van der Waals surface area (Å²) in [5, 5.41) is 1.19. The molecule has 0 aliphatic carbocycles. The molecule has 0 amide bonds. The van der Waals surface area contributed by atoms with Gasteiger partial charge < -0.3 is 4.42 Å². The Morgan fingerprint density at radius 2 is 1.89 bits per heavy atom. The lowest BCUT2D eigenvalue weighted by Gasteiger charge is -2.18. The molecule has 1 heterocycles. The first kappa shape index (κ1) is 14.1. The maximum absolute atomic E-state index is 12.3. The minimum Gasteiger partial charge on any atom is -0.453 e. The van der Waals surface area contributed by atoms with Crippen molar-refractivity contribution in [2.24, 2.45) is 0 Å². The average Bonchev–Trinajstić information content (AvgIpc) is 2.68. The van der Waals surface area contributed by atoms with Crippen LogP contribution < -0.4 is 0 Å². The fourth-order valence-electron chi connectivity index (χ4n) is 1.59. The maximum atomic E-state index is 12.3. The van der Waals surface area contributed by atoms with E-state index in [4.69, 9.17) is 16.0 Å². The molecule has 4 nitrogen and oxygen atoms in total. The van der Waals surface area contributed by atoms with E-state index in [1.165, 1.54) is 19.9 Å². The molecule has 1 aromatic carbocycles. The van der Waals surface area contributed by atoms with Gasteiger partial charge in [0.15, 0.2) is 15.6 Å². The van der Waals surface area contributed by atoms with Gasteiger partial charge in [0.05, 0.1) is 0 Å². The Morgan fingerprint density at radius 3 is 2.47 bits per heavy atom. The first-order valence-corrected chi connectivity index (χ1v) is 7.83. The van der Waals surface area contributed by atoms with Crippen LogP contribution in [0.1, 0.15) is 24.4 Å². The van der Waals surface area contributed by atoms with Crippen LogP contribution in [0.5, 0.6) is 0 Å². The highest BCUT2D eigenvalue weighted by Crippen LogP contribution is 2.27. The largest absolute Gasteiger partial charge is 0.453 e. The molecule has 0 aliphatic rings. The van der Waals surface area contributed by atoms with Gasteiger partial charge in [-0.2, -0.15) is 0 Å². The zero-order valence-electron chi connectivity index (χ0n) is 10.7. The van der Waals surface area contributed by atoms with Gasteiger partial charge in [0, 0.05) is 16.7 Å². The van der Waals surface area contributed by atoms with Crippen LogP contribution >= 0.6 is 11.6 Å². The van der Waals surface area contributed by atoms with Crippen molar-refractivity contribution in [3.05, 3.63) is 35.0 Å². The van der Waals surface area contributed by atoms with Gasteiger partial charge in [0.25, 0.3) is 0 Å². The number of rotatable bonds is 3. The smallest absolute Gasteiger partial charge is 0.218 e. The van der Waals surface area contributed by atoms with E-state index in [1.54, 1.807) is 18.2 Å². The van der Waals surface area contributed by atoms with Crippen molar-refractivity contribution in [3.8, 4) is 0 Å². The summed E-state index contributed by atoms with van der Waals surface area (Å²) >= 11 is 5.85. The Hall–Kier alpha value is -1.33. The monoisotopic (exact) mass is 300 g/mol. The third kappa shape index (κ3) is 2.40. The van der Waals surface area contributed by atoms with Gasteiger partial charge in [0.1, 0.15) is 10.3 Å². The quantitative estimate of drug-likeness (QED) is 0.817. The highest BCUT2D eigenvalue weighted by molar-refractivity contribution is 7.92. The van der Waals surface area contributed by atoms with Crippen LogP contribution in [0.2, 0.25) is 5.02 Å². The van der Waals surface area contributed by atoms with E-state index < -0.39 is 20.4 Å². The Balaban J connectivity index is 2.54. The van der Waals surface area contributed by atoms with Gasteiger partial charge in [-0.25, -0.2) is 8.42 Å². The maximum Gasteiger partial charge on any atom is 0.218 e. The van der Waals surface area contributed by atoms with Crippen LogP contribution in [0.15, 0.2) is 28.7 Å². The fourth-order valence-corrected chi connectivity index (χ4v) is 2.21. The number of benzene rings is 1. The summed E-state index contributed by atoms with van der Waals surface area (Å²) < 4.78 is 27.2. The van der Waals surface area contributed by atoms with Crippen LogP contribution in [0.25, 0.3) is 11.0 Å². The second-order valence-corrected chi connectivity index (χ2v) is 7.91. The molecular weight excluding hydrogens is 288 g/mol. The number of hydrogen-bond donors (Lipinski definition) is 0. The van der Waals surface area contributed by atoms with Crippen LogP contribution in [0, 0.1) is 0 Å². The molecular formula is C13H13ClO4S. The third-order valence-electron chi connectivity index (χ3n) is 3.18. The second-order valence-electron chi connectivity index (χ2n) is 4.90. The molecule has 19 heavy (non-hydrogen) atoms. The molecule has 0 atom stereocenters. The molecule has 0 aliphatic heterocycles. The van der Waals surface area contributed by atoms with Crippen molar-refractivity contribution in [1.82, 2.24) is 0 Å². The van der Waals surface area contributed by atoms with Crippen molar-refractivity contribution in [2.45, 2.75) is 18.6 Å². The van der Waals surface area contributed by atoms with Crippen molar-refractivity contribution < 1.29 is 17.6 Å². The number of carbonyl (C=O) groups is 1. The molecule has 0 N–H and O–H groups in total. The van der Waals surface area contributed by atoms with Crippen LogP contribution in [-0.4, -0.2) is 25.2 Å². The van der Waals surface area contributed by atoms with Crippen molar-refractivity contribution >= 4 is 38.2 Å². The zero-order valence-corrected chi connectivity index (χ0v) is 12.3. The summed E-state index contributed by atoms with van der Waals surface area (Å²) in [4.78, 5) is 12.3. The molecule has 0 spiro atoms. The van der Waals surface area contributed by atoms with E-state index in [9.17, 15) is 13.2 Å². The molecule has 0 saturated heterocycles. The van der Waals surface area contributed by atoms with Crippen LogP contribution in [0.3, 0.4) is 0 Å². The van der Waals surface area contributed by atoms with E-state index in [1.807, 2.05) is 0 Å². The number of Topliss-reactive ketones (excluding diaryl/α,β-unsaturated/α-hetero) is 1. The predicted molar refractivity (Wildman–Crippen MR) is 74.5 cm³/mol. The summed E-state index contributed by atoms with van der Waals surface area (Å²) in [6, 6.07) is 6.45. The fraction of sp³-hybridized carbons (Fsp3) is 0.308. The van der Waals surface area contributed by atoms with E-state index in [0.29, 0.717) is 16.0 Å². The summed E-state index contributed by atoms with van der Waals surface area (Å²) in [5.74, 6) is -0.546. The number of ketones is 1. The molecule has 0 saturated carbocycles. The average molecular weight is 301 g/mol. The predicted octanol–water partition coefficient (Wildman–Crippen LogP) is 3.09. The summed E-state index contributed by atoms with van der Waals surface area (Å²) in [6.07, 6.45) is 1.03. The lowest BCUT2D eigenvalue weighted by molar-refractivity contribution is 0.0928. The molecule has 0 fully saturated rings. The molecule has 0 bridgehead atoms. The van der Waals surface area contributed by atoms with Crippen LogP contribution in [-0.2, 0) is 9.84 Å². The molecule has 2 rings (SSSR count). The number of carbonyl (C=O) groups excluding carboxylic acids is 1. The SMILES string of the molecule is CC(C)(C(=O)c1cc2cc(Cl)ccc2o1)S(C)(=O)=O. The highest BCUT2D eigenvalue weighted by atomic mass is 35.5. The molecule has 102 valence electrons. The van der Waals surface area contributed by atoms with Gasteiger partial charge in [-0.15, -0.1) is 0 Å². The second kappa shape index (κ2) is 4.35. The number of fused-ring (bicyclic) bond motifs is 1. The Morgan fingerprint density at radius 1 is 1.26 bits per heavy atom. The van der Waals surface area contributed by atoms with Crippen molar-refractivity contribution in [1.29, 1.82) is 0 Å². The Labute approximate surface area is 116 Å². The molecule has 0 radical (unpaired) electrons. The summed E-state index contributed by atoms with van der Waals surface area (Å²) in [5.41, 5.74) is 0.497. The van der Waals surface area contributed by atoms with E-state index in [0.717, 1.165) is 6.26 Å². The topological polar surface area (TPSA) is 64.3 Å². The van der Waals surface area contributed by atoms with Crippen LogP contribution in [0.4, 0.5) is 0 Å². The minimum absolute atomic E-state index is 0.0210. The third-order valence-corrected chi connectivity index (χ3v) is 5.45. The zero-order chi connectivity index (χ0) is 14.4. The van der Waals surface area contributed by atoms with Gasteiger partial charge >= 0.3 is 0 Å². The van der Waals surface area contributed by atoms with Gasteiger partial charge in [-0.1, -0.05) is 11.6 Å². The number of furan rings is 1. The highest BCUT2D eigenvalue weighted by Gasteiger charge is 2.40. The van der Waals surface area contributed by atoms with Crippen molar-refractivity contribution in [3.63, 3.8) is 0 Å². The molecule has 1 aromatic heterocycles. The summed E-state index contributed by atoms with van der Waals surface area (Å²) in [6.45, 7) is 2.73. The van der Waals surface area contributed by atoms with Gasteiger partial charge in [-0.3, -0.25) is 4.79 Å². The number of halogens is 1. The lowest BCUT2D eigenvalue weighted by atomic mass is 10.1. The standard InChI is InChI=1S/C13H13ClO4S/c1-13(2,19(3,16)17)12(15)11-7-8-6-9(14)4-5-10(8)18-11/h4-7H,1-3H3. The summed E-state index contributed by atoms with van der Waals surface area (Å²) in [7, 11) is -3.53. The molecule has 2 aromatic rings. The van der Waals surface area contributed by atoms with E-state index in [2.05, 4.69) is 0 Å². The van der Waals surface area contributed by atoms with Gasteiger partial charge in [0.2, 0.25) is 5.78 Å². The molecule has 0 unspecified atom stereocenters. The van der Waals surface area contributed by atoms with Crippen molar-refractivity contribution in [2.75, 3.05) is 6.26 Å². The first-order chi connectivity index (χ1) is 8.63. The Kier molecular flexibility index (Phi) is 3.23.